The fourth-order valence-corrected chi connectivity index (χ4v) is 2.27. The van der Waals surface area contributed by atoms with E-state index in [2.05, 4.69) is 5.10 Å². The maximum Gasteiger partial charge on any atom is 0.437 e. The SMILES string of the molecule is CCCc1nn([C@@H]2CCN(C(C)C)C2=O)c(=O)o1. The van der Waals surface area contributed by atoms with Crippen LogP contribution in [0, 0.1) is 0 Å². The Balaban J connectivity index is 2.23. The van der Waals surface area contributed by atoms with E-state index in [1.54, 1.807) is 4.90 Å². The van der Waals surface area contributed by atoms with Gasteiger partial charge in [0.15, 0.2) is 0 Å². The Morgan fingerprint density at radius 3 is 2.72 bits per heavy atom. The summed E-state index contributed by atoms with van der Waals surface area (Å²) < 4.78 is 6.24. The van der Waals surface area contributed by atoms with Gasteiger partial charge in [0.05, 0.1) is 0 Å². The van der Waals surface area contributed by atoms with Crippen LogP contribution in [0.1, 0.15) is 45.5 Å². The molecular weight excluding hydrogens is 234 g/mol. The lowest BCUT2D eigenvalue weighted by Crippen LogP contribution is -2.36. The van der Waals surface area contributed by atoms with E-state index in [0.717, 1.165) is 6.42 Å². The summed E-state index contributed by atoms with van der Waals surface area (Å²) in [6.45, 7) is 6.59. The molecule has 1 aromatic rings. The van der Waals surface area contributed by atoms with Crippen LogP contribution in [0.15, 0.2) is 9.21 Å². The molecule has 1 atom stereocenters. The number of hydrogen-bond acceptors (Lipinski definition) is 4. The van der Waals surface area contributed by atoms with Gasteiger partial charge in [-0.25, -0.2) is 4.79 Å². The van der Waals surface area contributed by atoms with Crippen LogP contribution in [0.4, 0.5) is 0 Å². The molecule has 1 aliphatic heterocycles. The molecule has 100 valence electrons. The lowest BCUT2D eigenvalue weighted by molar-refractivity contribution is -0.132. The average molecular weight is 253 g/mol. The highest BCUT2D eigenvalue weighted by Gasteiger charge is 2.36. The molecule has 18 heavy (non-hydrogen) atoms. The van der Waals surface area contributed by atoms with Gasteiger partial charge in [0.2, 0.25) is 11.8 Å². The van der Waals surface area contributed by atoms with Crippen LogP contribution in [-0.2, 0) is 11.2 Å². The van der Waals surface area contributed by atoms with Crippen LogP contribution in [0.3, 0.4) is 0 Å². The molecule has 0 N–H and O–H groups in total. The van der Waals surface area contributed by atoms with E-state index in [1.807, 2.05) is 20.8 Å². The minimum atomic E-state index is -0.526. The first-order valence-electron chi connectivity index (χ1n) is 6.43. The summed E-state index contributed by atoms with van der Waals surface area (Å²) in [5.41, 5.74) is 0. The fraction of sp³-hybridized carbons (Fsp3) is 0.750. The smallest absolute Gasteiger partial charge is 0.392 e. The van der Waals surface area contributed by atoms with Crippen molar-refractivity contribution in [3.63, 3.8) is 0 Å². The van der Waals surface area contributed by atoms with E-state index < -0.39 is 11.8 Å². The second-order valence-corrected chi connectivity index (χ2v) is 4.89. The molecule has 0 unspecified atom stereocenters. The standard InChI is InChI=1S/C12H19N3O3/c1-4-5-10-13-15(12(17)18-10)9-6-7-14(8(2)3)11(9)16/h8-9H,4-7H2,1-3H3/t9-/m1/s1. The molecule has 1 aliphatic rings. The number of aryl methyl sites for hydroxylation is 1. The van der Waals surface area contributed by atoms with Gasteiger partial charge < -0.3 is 9.32 Å². The molecule has 0 radical (unpaired) electrons. The van der Waals surface area contributed by atoms with Gasteiger partial charge in [0, 0.05) is 19.0 Å². The Morgan fingerprint density at radius 2 is 2.17 bits per heavy atom. The third-order valence-corrected chi connectivity index (χ3v) is 3.21. The molecule has 1 aromatic heterocycles. The van der Waals surface area contributed by atoms with Crippen molar-refractivity contribution >= 4 is 5.91 Å². The van der Waals surface area contributed by atoms with E-state index in [1.165, 1.54) is 4.68 Å². The molecule has 6 nitrogen and oxygen atoms in total. The van der Waals surface area contributed by atoms with Crippen molar-refractivity contribution < 1.29 is 9.21 Å². The Bertz CT molecular complexity index is 489. The Labute approximate surface area is 106 Å². The number of nitrogens with zero attached hydrogens (tertiary/aromatic N) is 3. The van der Waals surface area contributed by atoms with Gasteiger partial charge in [-0.2, -0.15) is 4.68 Å². The lowest BCUT2D eigenvalue weighted by Gasteiger charge is -2.20. The summed E-state index contributed by atoms with van der Waals surface area (Å²) in [6.07, 6.45) is 2.10. The van der Waals surface area contributed by atoms with Crippen molar-refractivity contribution in [3.05, 3.63) is 16.4 Å². The molecule has 0 bridgehead atoms. The molecule has 2 rings (SSSR count). The number of aromatic nitrogens is 2. The van der Waals surface area contributed by atoms with E-state index in [-0.39, 0.29) is 11.9 Å². The first-order chi connectivity index (χ1) is 8.54. The molecule has 2 heterocycles. The lowest BCUT2D eigenvalue weighted by atomic mass is 10.2. The summed E-state index contributed by atoms with van der Waals surface area (Å²) in [7, 11) is 0. The van der Waals surface area contributed by atoms with Crippen LogP contribution < -0.4 is 5.76 Å². The van der Waals surface area contributed by atoms with Crippen molar-refractivity contribution in [2.75, 3.05) is 6.54 Å². The second kappa shape index (κ2) is 4.96. The van der Waals surface area contributed by atoms with E-state index in [9.17, 15) is 9.59 Å². The number of hydrogen-bond donors (Lipinski definition) is 0. The van der Waals surface area contributed by atoms with Crippen molar-refractivity contribution in [3.8, 4) is 0 Å². The zero-order chi connectivity index (χ0) is 13.3. The molecule has 0 aromatic carbocycles. The summed E-state index contributed by atoms with van der Waals surface area (Å²) in [4.78, 5) is 25.6. The average Bonchev–Trinajstić information content (AvgIpc) is 2.83. The monoisotopic (exact) mass is 253 g/mol. The van der Waals surface area contributed by atoms with E-state index in [0.29, 0.717) is 25.3 Å². The predicted octanol–water partition coefficient (Wildman–Crippen LogP) is 0.971. The quantitative estimate of drug-likeness (QED) is 0.801. The third kappa shape index (κ3) is 2.19. The van der Waals surface area contributed by atoms with Gasteiger partial charge in [-0.3, -0.25) is 4.79 Å². The highest BCUT2D eigenvalue weighted by molar-refractivity contribution is 5.82. The minimum Gasteiger partial charge on any atom is -0.392 e. The molecular formula is C12H19N3O3. The maximum atomic E-state index is 12.2. The van der Waals surface area contributed by atoms with Gasteiger partial charge in [-0.15, -0.1) is 5.10 Å². The van der Waals surface area contributed by atoms with Crippen molar-refractivity contribution in [2.24, 2.45) is 0 Å². The van der Waals surface area contributed by atoms with Crippen LogP contribution in [0.5, 0.6) is 0 Å². The maximum absolute atomic E-state index is 12.2. The highest BCUT2D eigenvalue weighted by Crippen LogP contribution is 2.23. The van der Waals surface area contributed by atoms with Gasteiger partial charge in [-0.1, -0.05) is 6.92 Å². The molecule has 0 aliphatic carbocycles. The number of carbonyl (C=O) groups excluding carboxylic acids is 1. The molecule has 0 saturated carbocycles. The van der Waals surface area contributed by atoms with Crippen LogP contribution in [0.2, 0.25) is 0 Å². The van der Waals surface area contributed by atoms with Crippen molar-refractivity contribution in [1.29, 1.82) is 0 Å². The highest BCUT2D eigenvalue weighted by atomic mass is 16.4. The van der Waals surface area contributed by atoms with E-state index >= 15 is 0 Å². The van der Waals surface area contributed by atoms with Crippen LogP contribution in [-0.4, -0.2) is 33.2 Å². The van der Waals surface area contributed by atoms with Crippen molar-refractivity contribution in [2.45, 2.75) is 52.1 Å². The van der Waals surface area contributed by atoms with Gasteiger partial charge in [0.1, 0.15) is 6.04 Å². The predicted molar refractivity (Wildman–Crippen MR) is 65.3 cm³/mol. The largest absolute Gasteiger partial charge is 0.437 e. The minimum absolute atomic E-state index is 0.0385. The summed E-state index contributed by atoms with van der Waals surface area (Å²) in [5.74, 6) is -0.149. The molecule has 1 fully saturated rings. The second-order valence-electron chi connectivity index (χ2n) is 4.89. The first-order valence-corrected chi connectivity index (χ1v) is 6.43. The Hall–Kier alpha value is -1.59. The number of carbonyl (C=O) groups is 1. The summed E-state index contributed by atoms with van der Waals surface area (Å²) >= 11 is 0. The molecule has 1 saturated heterocycles. The zero-order valence-corrected chi connectivity index (χ0v) is 11.0. The molecule has 0 spiro atoms. The van der Waals surface area contributed by atoms with Crippen molar-refractivity contribution in [1.82, 2.24) is 14.7 Å². The summed E-state index contributed by atoms with van der Waals surface area (Å²) in [6, 6.07) is -0.338. The van der Waals surface area contributed by atoms with Gasteiger partial charge in [-0.05, 0) is 26.7 Å². The van der Waals surface area contributed by atoms with Crippen LogP contribution in [0.25, 0.3) is 0 Å². The first kappa shape index (κ1) is 12.9. The third-order valence-electron chi connectivity index (χ3n) is 3.21. The van der Waals surface area contributed by atoms with Gasteiger partial charge in [0.25, 0.3) is 0 Å². The fourth-order valence-electron chi connectivity index (χ4n) is 2.27. The van der Waals surface area contributed by atoms with Crippen LogP contribution >= 0.6 is 0 Å². The van der Waals surface area contributed by atoms with E-state index in [4.69, 9.17) is 4.42 Å². The Kier molecular flexibility index (Phi) is 3.54. The number of amides is 1. The summed E-state index contributed by atoms with van der Waals surface area (Å²) in [5, 5.41) is 4.12. The Morgan fingerprint density at radius 1 is 1.44 bits per heavy atom. The zero-order valence-electron chi connectivity index (χ0n) is 11.0. The number of likely N-dealkylation sites (tertiary alicyclic amines) is 1. The number of rotatable bonds is 4. The molecule has 6 heteroatoms. The normalized spacial score (nSPS) is 20.1. The van der Waals surface area contributed by atoms with Gasteiger partial charge >= 0.3 is 5.76 Å². The topological polar surface area (TPSA) is 68.3 Å². The molecule has 1 amide bonds.